The molecule has 2 heterocycles. The molecule has 0 bridgehead atoms. The van der Waals surface area contributed by atoms with Crippen LogP contribution >= 0.6 is 11.6 Å². The molecule has 1 fully saturated rings. The van der Waals surface area contributed by atoms with Crippen LogP contribution in [0.2, 0.25) is 5.02 Å². The minimum atomic E-state index is 0.486. The molecule has 1 aromatic heterocycles. The fourth-order valence-electron chi connectivity index (χ4n) is 2.77. The van der Waals surface area contributed by atoms with Gasteiger partial charge in [-0.05, 0) is 38.6 Å². The third-order valence-electron chi connectivity index (χ3n) is 3.82. The Morgan fingerprint density at radius 3 is 3.00 bits per heavy atom. The Kier molecular flexibility index (Phi) is 3.99. The number of rotatable bonds is 2. The van der Waals surface area contributed by atoms with E-state index in [-0.39, 0.29) is 0 Å². The average Bonchev–Trinajstić information content (AvgIpc) is 2.47. The lowest BCUT2D eigenvalue weighted by Gasteiger charge is -2.29. The number of hydrogen-bond donors (Lipinski definition) is 0. The van der Waals surface area contributed by atoms with Gasteiger partial charge in [0.1, 0.15) is 0 Å². The molecule has 0 saturated carbocycles. The van der Waals surface area contributed by atoms with Gasteiger partial charge in [0, 0.05) is 29.2 Å². The standard InChI is InChI=1S/C16H18ClN3/c1-20-7-3-5-13(11-20)16-10-18-9-15(19-16)12-4-2-6-14(17)8-12/h2,4,6,8-10,13H,3,5,7,11H2,1H3/t13-/m1/s1. The zero-order valence-electron chi connectivity index (χ0n) is 11.6. The lowest BCUT2D eigenvalue weighted by Crippen LogP contribution is -2.31. The van der Waals surface area contributed by atoms with Crippen molar-refractivity contribution in [3.63, 3.8) is 0 Å². The topological polar surface area (TPSA) is 29.0 Å². The second-order valence-electron chi connectivity index (χ2n) is 5.44. The first-order chi connectivity index (χ1) is 9.72. The van der Waals surface area contributed by atoms with Crippen molar-refractivity contribution >= 4 is 11.6 Å². The molecule has 4 heteroatoms. The Morgan fingerprint density at radius 2 is 2.20 bits per heavy atom. The predicted molar refractivity (Wildman–Crippen MR) is 82.0 cm³/mol. The van der Waals surface area contributed by atoms with Crippen LogP contribution in [0, 0.1) is 0 Å². The van der Waals surface area contributed by atoms with Crippen molar-refractivity contribution in [2.75, 3.05) is 20.1 Å². The molecule has 1 atom stereocenters. The first kappa shape index (κ1) is 13.5. The SMILES string of the molecule is CN1CCC[C@@H](c2cncc(-c3cccc(Cl)c3)n2)C1. The van der Waals surface area contributed by atoms with Gasteiger partial charge in [-0.25, -0.2) is 4.98 Å². The molecule has 1 saturated heterocycles. The zero-order chi connectivity index (χ0) is 13.9. The number of likely N-dealkylation sites (N-methyl/N-ethyl adjacent to an activating group) is 1. The summed E-state index contributed by atoms with van der Waals surface area (Å²) in [6, 6.07) is 7.77. The third kappa shape index (κ3) is 3.00. The van der Waals surface area contributed by atoms with E-state index in [1.807, 2.05) is 36.7 Å². The first-order valence-corrected chi connectivity index (χ1v) is 7.36. The molecule has 0 radical (unpaired) electrons. The van der Waals surface area contributed by atoms with Crippen molar-refractivity contribution < 1.29 is 0 Å². The van der Waals surface area contributed by atoms with Crippen LogP contribution in [0.15, 0.2) is 36.7 Å². The molecular formula is C16H18ClN3. The molecule has 104 valence electrons. The van der Waals surface area contributed by atoms with Gasteiger partial charge in [0.05, 0.1) is 17.6 Å². The van der Waals surface area contributed by atoms with Crippen molar-refractivity contribution in [1.82, 2.24) is 14.9 Å². The number of halogens is 1. The van der Waals surface area contributed by atoms with Crippen molar-refractivity contribution in [3.8, 4) is 11.3 Å². The van der Waals surface area contributed by atoms with Crippen LogP contribution in [-0.2, 0) is 0 Å². The Morgan fingerprint density at radius 1 is 1.30 bits per heavy atom. The number of benzene rings is 1. The molecule has 0 N–H and O–H groups in total. The van der Waals surface area contributed by atoms with Gasteiger partial charge in [-0.1, -0.05) is 23.7 Å². The van der Waals surface area contributed by atoms with Gasteiger partial charge in [-0.3, -0.25) is 4.98 Å². The number of nitrogens with zero attached hydrogens (tertiary/aromatic N) is 3. The number of likely N-dealkylation sites (tertiary alicyclic amines) is 1. The van der Waals surface area contributed by atoms with Crippen molar-refractivity contribution in [1.29, 1.82) is 0 Å². The van der Waals surface area contributed by atoms with Crippen LogP contribution in [0.3, 0.4) is 0 Å². The highest BCUT2D eigenvalue weighted by Gasteiger charge is 2.20. The molecule has 0 amide bonds. The summed E-state index contributed by atoms with van der Waals surface area (Å²) in [6.07, 6.45) is 6.13. The molecule has 1 aromatic carbocycles. The second kappa shape index (κ2) is 5.90. The van der Waals surface area contributed by atoms with E-state index in [1.165, 1.54) is 19.4 Å². The zero-order valence-corrected chi connectivity index (χ0v) is 12.3. The Bertz CT molecular complexity index is 600. The van der Waals surface area contributed by atoms with Gasteiger partial charge in [0.15, 0.2) is 0 Å². The Labute approximate surface area is 124 Å². The van der Waals surface area contributed by atoms with Gasteiger partial charge < -0.3 is 4.90 Å². The maximum Gasteiger partial charge on any atom is 0.0889 e. The quantitative estimate of drug-likeness (QED) is 0.845. The summed E-state index contributed by atoms with van der Waals surface area (Å²) in [5.41, 5.74) is 3.02. The molecular weight excluding hydrogens is 270 g/mol. The summed E-state index contributed by atoms with van der Waals surface area (Å²) in [6.45, 7) is 2.24. The maximum absolute atomic E-state index is 6.05. The summed E-state index contributed by atoms with van der Waals surface area (Å²) in [4.78, 5) is 11.5. The van der Waals surface area contributed by atoms with Crippen LogP contribution in [0.5, 0.6) is 0 Å². The summed E-state index contributed by atoms with van der Waals surface area (Å²) in [5, 5.41) is 0.729. The fraction of sp³-hybridized carbons (Fsp3) is 0.375. The van der Waals surface area contributed by atoms with Crippen LogP contribution in [-0.4, -0.2) is 35.0 Å². The normalized spacial score (nSPS) is 20.0. The van der Waals surface area contributed by atoms with Gasteiger partial charge in [-0.15, -0.1) is 0 Å². The molecule has 1 aliphatic heterocycles. The minimum Gasteiger partial charge on any atom is -0.306 e. The lowest BCUT2D eigenvalue weighted by atomic mass is 9.95. The van der Waals surface area contributed by atoms with E-state index in [1.54, 1.807) is 0 Å². The summed E-state index contributed by atoms with van der Waals surface area (Å²) in [7, 11) is 2.17. The number of hydrogen-bond acceptors (Lipinski definition) is 3. The van der Waals surface area contributed by atoms with E-state index in [9.17, 15) is 0 Å². The summed E-state index contributed by atoms with van der Waals surface area (Å²) < 4.78 is 0. The van der Waals surface area contributed by atoms with E-state index >= 15 is 0 Å². The molecule has 0 spiro atoms. The highest BCUT2D eigenvalue weighted by molar-refractivity contribution is 6.30. The lowest BCUT2D eigenvalue weighted by molar-refractivity contribution is 0.248. The summed E-state index contributed by atoms with van der Waals surface area (Å²) >= 11 is 6.05. The van der Waals surface area contributed by atoms with Crippen LogP contribution < -0.4 is 0 Å². The smallest absolute Gasteiger partial charge is 0.0889 e. The van der Waals surface area contributed by atoms with Gasteiger partial charge in [-0.2, -0.15) is 0 Å². The minimum absolute atomic E-state index is 0.486. The van der Waals surface area contributed by atoms with Crippen molar-refractivity contribution in [3.05, 3.63) is 47.4 Å². The summed E-state index contributed by atoms with van der Waals surface area (Å²) in [5.74, 6) is 0.486. The second-order valence-corrected chi connectivity index (χ2v) is 5.88. The van der Waals surface area contributed by atoms with Gasteiger partial charge in [0.25, 0.3) is 0 Å². The first-order valence-electron chi connectivity index (χ1n) is 6.99. The van der Waals surface area contributed by atoms with Crippen molar-refractivity contribution in [2.24, 2.45) is 0 Å². The largest absolute Gasteiger partial charge is 0.306 e. The number of piperidine rings is 1. The van der Waals surface area contributed by atoms with E-state index in [4.69, 9.17) is 16.6 Å². The highest BCUT2D eigenvalue weighted by Crippen LogP contribution is 2.27. The van der Waals surface area contributed by atoms with Crippen LogP contribution in [0.1, 0.15) is 24.5 Å². The molecule has 0 unspecified atom stereocenters. The van der Waals surface area contributed by atoms with Crippen molar-refractivity contribution in [2.45, 2.75) is 18.8 Å². The van der Waals surface area contributed by atoms with E-state index in [0.717, 1.165) is 28.5 Å². The van der Waals surface area contributed by atoms with E-state index in [0.29, 0.717) is 5.92 Å². The highest BCUT2D eigenvalue weighted by atomic mass is 35.5. The monoisotopic (exact) mass is 287 g/mol. The Hall–Kier alpha value is -1.45. The molecule has 2 aromatic rings. The molecule has 0 aliphatic carbocycles. The molecule has 1 aliphatic rings. The molecule has 20 heavy (non-hydrogen) atoms. The van der Waals surface area contributed by atoms with Gasteiger partial charge >= 0.3 is 0 Å². The fourth-order valence-corrected chi connectivity index (χ4v) is 2.96. The van der Waals surface area contributed by atoms with E-state index in [2.05, 4.69) is 16.9 Å². The van der Waals surface area contributed by atoms with Crippen LogP contribution in [0.25, 0.3) is 11.3 Å². The average molecular weight is 288 g/mol. The van der Waals surface area contributed by atoms with Crippen LogP contribution in [0.4, 0.5) is 0 Å². The molecule has 3 nitrogen and oxygen atoms in total. The molecule has 3 rings (SSSR count). The maximum atomic E-state index is 6.05. The number of aromatic nitrogens is 2. The Balaban J connectivity index is 1.89. The van der Waals surface area contributed by atoms with E-state index < -0.39 is 0 Å². The predicted octanol–water partition coefficient (Wildman–Crippen LogP) is 3.61. The van der Waals surface area contributed by atoms with Gasteiger partial charge in [0.2, 0.25) is 0 Å². The third-order valence-corrected chi connectivity index (χ3v) is 4.05.